The number of fused-ring (bicyclic) bond motifs is 2. The quantitative estimate of drug-likeness (QED) is 0.171. The number of nitrogens with one attached hydrogen (secondary N) is 2. The van der Waals surface area contributed by atoms with E-state index in [2.05, 4.69) is 20.6 Å². The van der Waals surface area contributed by atoms with Gasteiger partial charge in [-0.25, -0.2) is 9.18 Å². The van der Waals surface area contributed by atoms with Crippen LogP contribution in [-0.2, 0) is 11.3 Å². The molecule has 0 aliphatic heterocycles. The van der Waals surface area contributed by atoms with Crippen molar-refractivity contribution in [2.45, 2.75) is 65.8 Å². The zero-order chi connectivity index (χ0) is 27.8. The van der Waals surface area contributed by atoms with Gasteiger partial charge in [-0.2, -0.15) is 0 Å². The topological polar surface area (TPSA) is 90.9 Å². The largest absolute Gasteiger partial charge is 0.477 e. The van der Waals surface area contributed by atoms with Crippen molar-refractivity contribution in [2.24, 2.45) is 0 Å². The second kappa shape index (κ2) is 10.6. The zero-order valence-electron chi connectivity index (χ0n) is 22.8. The van der Waals surface area contributed by atoms with E-state index in [0.717, 1.165) is 45.8 Å². The average molecular weight is 528 g/mol. The molecule has 0 aliphatic rings. The number of carbonyl (C=O) groups excluding carboxylic acids is 1. The summed E-state index contributed by atoms with van der Waals surface area (Å²) in [6.45, 7) is 8.78. The molecule has 5 rings (SSSR count). The van der Waals surface area contributed by atoms with E-state index in [1.54, 1.807) is 6.20 Å². The number of aromatic carboxylic acids is 1. The molecule has 0 saturated carbocycles. The molecule has 0 amide bonds. The van der Waals surface area contributed by atoms with Gasteiger partial charge in [-0.05, 0) is 72.7 Å². The number of carboxylic acid groups (broad SMARTS) is 1. The Morgan fingerprint density at radius 3 is 2.56 bits per heavy atom. The van der Waals surface area contributed by atoms with Gasteiger partial charge >= 0.3 is 5.97 Å². The lowest BCUT2D eigenvalue weighted by Gasteiger charge is -2.15. The molecular formula is C32H34FN3O3. The SMILES string of the molecule is CCCC(=O)CCCn1ccc2c(-c3c(C(=O)O)[nH]c(-c4cc(F)cc5[nH]ccc45)c3C(C)C)cc(C)cc21. The van der Waals surface area contributed by atoms with Gasteiger partial charge in [-0.1, -0.05) is 26.8 Å². The van der Waals surface area contributed by atoms with Gasteiger partial charge in [0.15, 0.2) is 0 Å². The molecule has 0 bridgehead atoms. The Hall–Kier alpha value is -4.13. The van der Waals surface area contributed by atoms with Crippen molar-refractivity contribution in [1.29, 1.82) is 0 Å². The molecule has 0 spiro atoms. The summed E-state index contributed by atoms with van der Waals surface area (Å²) in [6.07, 6.45) is 6.55. The van der Waals surface area contributed by atoms with E-state index < -0.39 is 11.8 Å². The average Bonchev–Trinajstić information content (AvgIpc) is 3.60. The van der Waals surface area contributed by atoms with Crippen LogP contribution in [0.3, 0.4) is 0 Å². The molecule has 0 atom stereocenters. The van der Waals surface area contributed by atoms with Crippen molar-refractivity contribution in [3.63, 3.8) is 0 Å². The number of aromatic amines is 2. The van der Waals surface area contributed by atoms with Gasteiger partial charge in [-0.3, -0.25) is 4.79 Å². The van der Waals surface area contributed by atoms with Crippen molar-refractivity contribution in [3.8, 4) is 22.4 Å². The molecule has 0 fully saturated rings. The molecule has 3 N–H and O–H groups in total. The number of H-pyrrole nitrogens is 2. The summed E-state index contributed by atoms with van der Waals surface area (Å²) in [6, 6.07) is 10.9. The van der Waals surface area contributed by atoms with E-state index in [0.29, 0.717) is 41.7 Å². The fourth-order valence-corrected chi connectivity index (χ4v) is 5.77. The molecule has 0 saturated heterocycles. The highest BCUT2D eigenvalue weighted by molar-refractivity contribution is 6.07. The Morgan fingerprint density at radius 2 is 1.85 bits per heavy atom. The molecule has 5 aromatic rings. The van der Waals surface area contributed by atoms with E-state index in [9.17, 15) is 19.1 Å². The predicted octanol–water partition coefficient (Wildman–Crippen LogP) is 8.20. The first-order chi connectivity index (χ1) is 18.7. The Kier molecular flexibility index (Phi) is 7.17. The number of ketones is 1. The van der Waals surface area contributed by atoms with E-state index in [1.165, 1.54) is 12.1 Å². The van der Waals surface area contributed by atoms with Gasteiger partial charge in [0.1, 0.15) is 17.3 Å². The number of rotatable bonds is 10. The Labute approximate surface area is 226 Å². The molecule has 39 heavy (non-hydrogen) atoms. The van der Waals surface area contributed by atoms with Crippen LogP contribution in [0.5, 0.6) is 0 Å². The molecule has 3 aromatic heterocycles. The monoisotopic (exact) mass is 527 g/mol. The van der Waals surface area contributed by atoms with Gasteiger partial charge in [-0.15, -0.1) is 0 Å². The van der Waals surface area contributed by atoms with Crippen molar-refractivity contribution >= 4 is 33.6 Å². The number of halogens is 1. The highest BCUT2D eigenvalue weighted by atomic mass is 19.1. The number of nitrogens with zero attached hydrogens (tertiary/aromatic N) is 1. The Morgan fingerprint density at radius 1 is 1.05 bits per heavy atom. The lowest BCUT2D eigenvalue weighted by atomic mass is 9.88. The normalized spacial score (nSPS) is 11.7. The molecule has 2 aromatic carbocycles. The first-order valence-corrected chi connectivity index (χ1v) is 13.6. The number of carboxylic acids is 1. The fourth-order valence-electron chi connectivity index (χ4n) is 5.77. The fraction of sp³-hybridized carbons (Fsp3) is 0.312. The summed E-state index contributed by atoms with van der Waals surface area (Å²) in [5, 5.41) is 12.1. The van der Waals surface area contributed by atoms with Crippen molar-refractivity contribution in [3.05, 3.63) is 71.4 Å². The summed E-state index contributed by atoms with van der Waals surface area (Å²) in [4.78, 5) is 30.9. The van der Waals surface area contributed by atoms with Gasteiger partial charge in [0.05, 0.1) is 5.69 Å². The van der Waals surface area contributed by atoms with Crippen molar-refractivity contribution in [1.82, 2.24) is 14.5 Å². The molecule has 7 heteroatoms. The van der Waals surface area contributed by atoms with Gasteiger partial charge in [0, 0.05) is 64.7 Å². The van der Waals surface area contributed by atoms with Crippen LogP contribution in [0.25, 0.3) is 44.2 Å². The maximum absolute atomic E-state index is 14.7. The third-order valence-electron chi connectivity index (χ3n) is 7.42. The van der Waals surface area contributed by atoms with E-state index >= 15 is 0 Å². The number of aryl methyl sites for hydroxylation is 2. The number of hydrogen-bond acceptors (Lipinski definition) is 2. The van der Waals surface area contributed by atoms with Gasteiger partial charge in [0.25, 0.3) is 0 Å². The summed E-state index contributed by atoms with van der Waals surface area (Å²) >= 11 is 0. The van der Waals surface area contributed by atoms with Crippen LogP contribution in [0.15, 0.2) is 48.8 Å². The van der Waals surface area contributed by atoms with Crippen LogP contribution in [-0.4, -0.2) is 31.4 Å². The summed E-state index contributed by atoms with van der Waals surface area (Å²) in [5.74, 6) is -1.22. The maximum Gasteiger partial charge on any atom is 0.352 e. The van der Waals surface area contributed by atoms with Crippen LogP contribution in [0, 0.1) is 12.7 Å². The molecule has 202 valence electrons. The van der Waals surface area contributed by atoms with E-state index in [4.69, 9.17) is 0 Å². The van der Waals surface area contributed by atoms with Gasteiger partial charge < -0.3 is 19.6 Å². The summed E-state index contributed by atoms with van der Waals surface area (Å²) in [7, 11) is 0. The summed E-state index contributed by atoms with van der Waals surface area (Å²) in [5.41, 5.74) is 6.29. The Bertz CT molecular complexity index is 1700. The molecule has 0 radical (unpaired) electrons. The van der Waals surface area contributed by atoms with Crippen LogP contribution in [0.4, 0.5) is 4.39 Å². The third kappa shape index (κ3) is 4.89. The third-order valence-corrected chi connectivity index (χ3v) is 7.42. The van der Waals surface area contributed by atoms with E-state index in [1.807, 2.05) is 52.1 Å². The smallest absolute Gasteiger partial charge is 0.352 e. The van der Waals surface area contributed by atoms with Crippen LogP contribution in [0.1, 0.15) is 74.0 Å². The lowest BCUT2D eigenvalue weighted by molar-refractivity contribution is -0.119. The minimum Gasteiger partial charge on any atom is -0.477 e. The lowest BCUT2D eigenvalue weighted by Crippen LogP contribution is -2.03. The van der Waals surface area contributed by atoms with Crippen molar-refractivity contribution in [2.75, 3.05) is 0 Å². The Balaban J connectivity index is 1.70. The molecular weight excluding hydrogens is 493 g/mol. The highest BCUT2D eigenvalue weighted by Crippen LogP contribution is 2.44. The second-order valence-corrected chi connectivity index (χ2v) is 10.7. The van der Waals surface area contributed by atoms with Crippen LogP contribution in [0.2, 0.25) is 0 Å². The number of hydrogen-bond donors (Lipinski definition) is 3. The molecule has 6 nitrogen and oxygen atoms in total. The number of benzene rings is 2. The minimum atomic E-state index is -1.07. The molecule has 0 unspecified atom stereocenters. The predicted molar refractivity (Wildman–Crippen MR) is 154 cm³/mol. The maximum atomic E-state index is 14.7. The highest BCUT2D eigenvalue weighted by Gasteiger charge is 2.28. The number of Topliss-reactive ketones (excluding diaryl/α,β-unsaturated/α-hetero) is 1. The molecule has 3 heterocycles. The number of carbonyl (C=O) groups is 2. The first-order valence-electron chi connectivity index (χ1n) is 13.6. The van der Waals surface area contributed by atoms with Crippen LogP contribution >= 0.6 is 0 Å². The van der Waals surface area contributed by atoms with Crippen LogP contribution < -0.4 is 0 Å². The van der Waals surface area contributed by atoms with Gasteiger partial charge in [0.2, 0.25) is 0 Å². The number of aromatic nitrogens is 3. The molecule has 0 aliphatic carbocycles. The second-order valence-electron chi connectivity index (χ2n) is 10.7. The minimum absolute atomic E-state index is 0.0427. The first kappa shape index (κ1) is 26.5. The van der Waals surface area contributed by atoms with Crippen molar-refractivity contribution < 1.29 is 19.1 Å². The zero-order valence-corrected chi connectivity index (χ0v) is 22.8. The van der Waals surface area contributed by atoms with E-state index in [-0.39, 0.29) is 17.4 Å². The standard InChI is InChI=1S/C32H34FN3O3/c1-5-7-21(37)8-6-12-36-13-10-23-24(14-19(4)15-27(23)36)29-28(18(2)3)30(35-31(29)32(38)39)25-16-20(33)17-26-22(25)9-11-34-26/h9-11,13-18,34-35H,5-8,12H2,1-4H3,(H,38,39). The summed E-state index contributed by atoms with van der Waals surface area (Å²) < 4.78 is 16.8.